The van der Waals surface area contributed by atoms with Gasteiger partial charge in [-0.3, -0.25) is 4.79 Å². The summed E-state index contributed by atoms with van der Waals surface area (Å²) in [5.41, 5.74) is 0.290. The lowest BCUT2D eigenvalue weighted by Gasteiger charge is -2.07. The summed E-state index contributed by atoms with van der Waals surface area (Å²) in [6.07, 6.45) is 0. The van der Waals surface area contributed by atoms with Crippen LogP contribution in [-0.2, 0) is 9.47 Å². The molecule has 0 fully saturated rings. The zero-order valence-corrected chi connectivity index (χ0v) is 11.4. The van der Waals surface area contributed by atoms with Gasteiger partial charge in [0, 0.05) is 13.7 Å². The van der Waals surface area contributed by atoms with Crippen molar-refractivity contribution in [3.63, 3.8) is 0 Å². The molecule has 0 atom stereocenters. The Hall–Kier alpha value is -0.880. The van der Waals surface area contributed by atoms with Crippen LogP contribution >= 0.6 is 23.2 Å². The fourth-order valence-corrected chi connectivity index (χ4v) is 1.59. The average Bonchev–Trinajstić information content (AvgIpc) is 2.33. The van der Waals surface area contributed by atoms with Crippen LogP contribution in [0.2, 0.25) is 10.3 Å². The number of aromatic nitrogens is 1. The molecule has 0 aromatic carbocycles. The van der Waals surface area contributed by atoms with Crippen molar-refractivity contribution in [2.75, 3.05) is 33.5 Å². The Balaban J connectivity index is 2.32. The van der Waals surface area contributed by atoms with E-state index in [0.29, 0.717) is 26.4 Å². The lowest BCUT2D eigenvalue weighted by atomic mass is 10.2. The Bertz CT molecular complexity index is 402. The summed E-state index contributed by atoms with van der Waals surface area (Å²) >= 11 is 11.4. The zero-order chi connectivity index (χ0) is 13.4. The molecule has 0 aliphatic heterocycles. The van der Waals surface area contributed by atoms with E-state index < -0.39 is 0 Å². The van der Waals surface area contributed by atoms with E-state index >= 15 is 0 Å². The van der Waals surface area contributed by atoms with E-state index in [2.05, 4.69) is 10.3 Å². The lowest BCUT2D eigenvalue weighted by Crippen LogP contribution is -2.28. The van der Waals surface area contributed by atoms with Crippen LogP contribution in [0.15, 0.2) is 12.1 Å². The molecule has 0 bridgehead atoms. The van der Waals surface area contributed by atoms with Gasteiger partial charge in [0.15, 0.2) is 0 Å². The molecule has 7 heteroatoms. The van der Waals surface area contributed by atoms with Crippen molar-refractivity contribution >= 4 is 29.1 Å². The van der Waals surface area contributed by atoms with Crippen LogP contribution in [0.4, 0.5) is 0 Å². The number of rotatable bonds is 7. The van der Waals surface area contributed by atoms with E-state index in [-0.39, 0.29) is 21.8 Å². The third-order valence-corrected chi connectivity index (χ3v) is 2.52. The number of hydrogen-bond acceptors (Lipinski definition) is 4. The fraction of sp³-hybridized carbons (Fsp3) is 0.455. The molecule has 1 amide bonds. The van der Waals surface area contributed by atoms with Crippen LogP contribution in [0.5, 0.6) is 0 Å². The van der Waals surface area contributed by atoms with E-state index in [1.54, 1.807) is 7.11 Å². The highest BCUT2D eigenvalue weighted by molar-refractivity contribution is 6.34. The number of pyridine rings is 1. The molecule has 0 aliphatic carbocycles. The third-order valence-electron chi connectivity index (χ3n) is 2.02. The van der Waals surface area contributed by atoms with Crippen molar-refractivity contribution < 1.29 is 14.3 Å². The van der Waals surface area contributed by atoms with Gasteiger partial charge in [-0.05, 0) is 12.1 Å². The standard InChI is InChI=1S/C11H14Cl2N2O3/c1-17-6-7-18-5-4-14-11(16)8-2-3-9(12)15-10(8)13/h2-3H,4-7H2,1H3,(H,14,16). The van der Waals surface area contributed by atoms with E-state index in [1.807, 2.05) is 0 Å². The summed E-state index contributed by atoms with van der Waals surface area (Å²) in [5, 5.41) is 3.00. The highest BCUT2D eigenvalue weighted by Gasteiger charge is 2.10. The molecule has 100 valence electrons. The second kappa shape index (κ2) is 8.26. The zero-order valence-electron chi connectivity index (χ0n) is 9.91. The predicted molar refractivity (Wildman–Crippen MR) is 69.3 cm³/mol. The van der Waals surface area contributed by atoms with Crippen molar-refractivity contribution in [2.24, 2.45) is 0 Å². The molecule has 5 nitrogen and oxygen atoms in total. The minimum atomic E-state index is -0.306. The van der Waals surface area contributed by atoms with Crippen LogP contribution in [0.25, 0.3) is 0 Å². The molecule has 1 N–H and O–H groups in total. The maximum Gasteiger partial charge on any atom is 0.254 e. The SMILES string of the molecule is COCCOCCNC(=O)c1ccc(Cl)nc1Cl. The first-order chi connectivity index (χ1) is 8.65. The highest BCUT2D eigenvalue weighted by Crippen LogP contribution is 2.16. The average molecular weight is 293 g/mol. The van der Waals surface area contributed by atoms with E-state index in [9.17, 15) is 4.79 Å². The number of carbonyl (C=O) groups excluding carboxylic acids is 1. The molecule has 18 heavy (non-hydrogen) atoms. The Labute approximate surface area is 115 Å². The quantitative estimate of drug-likeness (QED) is 0.615. The van der Waals surface area contributed by atoms with Crippen molar-refractivity contribution in [3.8, 4) is 0 Å². The van der Waals surface area contributed by atoms with Crippen LogP contribution < -0.4 is 5.32 Å². The molecule has 0 aliphatic rings. The van der Waals surface area contributed by atoms with Crippen LogP contribution in [-0.4, -0.2) is 44.4 Å². The number of hydrogen-bond donors (Lipinski definition) is 1. The number of halogens is 2. The molecule has 1 rings (SSSR count). The summed E-state index contributed by atoms with van der Waals surface area (Å²) in [4.78, 5) is 15.5. The number of nitrogens with one attached hydrogen (secondary N) is 1. The fourth-order valence-electron chi connectivity index (χ4n) is 1.16. The minimum Gasteiger partial charge on any atom is -0.382 e. The second-order valence-corrected chi connectivity index (χ2v) is 4.08. The highest BCUT2D eigenvalue weighted by atomic mass is 35.5. The summed E-state index contributed by atoms with van der Waals surface area (Å²) in [5.74, 6) is -0.306. The van der Waals surface area contributed by atoms with E-state index in [4.69, 9.17) is 32.7 Å². The summed E-state index contributed by atoms with van der Waals surface area (Å²) in [6.45, 7) is 1.83. The molecule has 0 saturated heterocycles. The number of nitrogens with zero attached hydrogens (tertiary/aromatic N) is 1. The van der Waals surface area contributed by atoms with Gasteiger partial charge in [-0.2, -0.15) is 0 Å². The van der Waals surface area contributed by atoms with Crippen LogP contribution in [0, 0.1) is 0 Å². The number of methoxy groups -OCH3 is 1. The molecule has 1 aromatic heterocycles. The van der Waals surface area contributed by atoms with Crippen LogP contribution in [0.3, 0.4) is 0 Å². The molecule has 0 spiro atoms. The lowest BCUT2D eigenvalue weighted by molar-refractivity contribution is 0.0692. The van der Waals surface area contributed by atoms with Crippen molar-refractivity contribution in [1.82, 2.24) is 10.3 Å². The molecule has 0 saturated carbocycles. The minimum absolute atomic E-state index is 0.0836. The first-order valence-corrected chi connectivity index (χ1v) is 6.07. The maximum atomic E-state index is 11.7. The normalized spacial score (nSPS) is 10.4. The van der Waals surface area contributed by atoms with Gasteiger partial charge in [-0.1, -0.05) is 23.2 Å². The first-order valence-electron chi connectivity index (χ1n) is 5.32. The number of carbonyl (C=O) groups is 1. The molecule has 0 unspecified atom stereocenters. The smallest absolute Gasteiger partial charge is 0.254 e. The monoisotopic (exact) mass is 292 g/mol. The Morgan fingerprint density at radius 3 is 2.78 bits per heavy atom. The Kier molecular flexibility index (Phi) is 6.97. The topological polar surface area (TPSA) is 60.5 Å². The molecule has 0 radical (unpaired) electrons. The van der Waals surface area contributed by atoms with Gasteiger partial charge in [-0.15, -0.1) is 0 Å². The molecule has 1 heterocycles. The summed E-state index contributed by atoms with van der Waals surface area (Å²) in [6, 6.07) is 3.04. The van der Waals surface area contributed by atoms with Gasteiger partial charge in [-0.25, -0.2) is 4.98 Å². The largest absolute Gasteiger partial charge is 0.382 e. The second-order valence-electron chi connectivity index (χ2n) is 3.33. The van der Waals surface area contributed by atoms with E-state index in [0.717, 1.165) is 0 Å². The van der Waals surface area contributed by atoms with Gasteiger partial charge in [0.2, 0.25) is 0 Å². The van der Waals surface area contributed by atoms with Crippen molar-refractivity contribution in [1.29, 1.82) is 0 Å². The molecule has 1 aromatic rings. The maximum absolute atomic E-state index is 11.7. The summed E-state index contributed by atoms with van der Waals surface area (Å²) < 4.78 is 10.0. The van der Waals surface area contributed by atoms with Gasteiger partial charge in [0.25, 0.3) is 5.91 Å². The third kappa shape index (κ3) is 5.18. The van der Waals surface area contributed by atoms with E-state index in [1.165, 1.54) is 12.1 Å². The predicted octanol–water partition coefficient (Wildman–Crippen LogP) is 1.78. The summed E-state index contributed by atoms with van der Waals surface area (Å²) in [7, 11) is 1.60. The van der Waals surface area contributed by atoms with Gasteiger partial charge in [0.1, 0.15) is 10.3 Å². The Morgan fingerprint density at radius 1 is 1.33 bits per heavy atom. The van der Waals surface area contributed by atoms with Crippen LogP contribution in [0.1, 0.15) is 10.4 Å². The van der Waals surface area contributed by atoms with Gasteiger partial charge in [0.05, 0.1) is 25.4 Å². The number of amides is 1. The first kappa shape index (κ1) is 15.2. The number of ether oxygens (including phenoxy) is 2. The van der Waals surface area contributed by atoms with Gasteiger partial charge >= 0.3 is 0 Å². The Morgan fingerprint density at radius 2 is 2.11 bits per heavy atom. The molecular formula is C11H14Cl2N2O3. The van der Waals surface area contributed by atoms with Crippen molar-refractivity contribution in [2.45, 2.75) is 0 Å². The molecular weight excluding hydrogens is 279 g/mol. The van der Waals surface area contributed by atoms with Crippen molar-refractivity contribution in [3.05, 3.63) is 28.0 Å². The van der Waals surface area contributed by atoms with Gasteiger partial charge < -0.3 is 14.8 Å².